The van der Waals surface area contributed by atoms with Crippen LogP contribution in [0.4, 0.5) is 0 Å². The highest BCUT2D eigenvalue weighted by atomic mass is 16.5. The summed E-state index contributed by atoms with van der Waals surface area (Å²) in [5, 5.41) is 10.0. The summed E-state index contributed by atoms with van der Waals surface area (Å²) < 4.78 is 7.63. The Morgan fingerprint density at radius 2 is 2.17 bits per heavy atom. The molecule has 0 radical (unpaired) electrons. The molecule has 5 nitrogen and oxygen atoms in total. The van der Waals surface area contributed by atoms with Crippen LogP contribution in [0.5, 0.6) is 0 Å². The molecule has 3 N–H and O–H groups in total. The monoisotopic (exact) mass is 316 g/mol. The number of carbonyl (C=O) groups excluding carboxylic acids is 1. The molecule has 0 unspecified atom stereocenters. The van der Waals surface area contributed by atoms with Crippen molar-refractivity contribution in [1.82, 2.24) is 4.57 Å². The minimum atomic E-state index is -0.800. The molecule has 0 saturated carbocycles. The van der Waals surface area contributed by atoms with Gasteiger partial charge in [0.25, 0.3) is 0 Å². The van der Waals surface area contributed by atoms with E-state index in [9.17, 15) is 9.90 Å². The molecule has 1 saturated heterocycles. The molecule has 1 aliphatic heterocycles. The van der Waals surface area contributed by atoms with Crippen molar-refractivity contribution in [3.8, 4) is 0 Å². The van der Waals surface area contributed by atoms with E-state index in [0.29, 0.717) is 12.1 Å². The van der Waals surface area contributed by atoms with Gasteiger partial charge in [-0.25, -0.2) is 0 Å². The number of Topliss-reactive ketones (excluding diaryl/α,β-unsaturated/α-hetero) is 1. The molecule has 1 aromatic rings. The first-order valence-corrected chi connectivity index (χ1v) is 7.60. The summed E-state index contributed by atoms with van der Waals surface area (Å²) in [6.45, 7) is 13.1. The molecule has 1 aromatic heterocycles. The van der Waals surface area contributed by atoms with Crippen molar-refractivity contribution in [2.75, 3.05) is 0 Å². The van der Waals surface area contributed by atoms with Gasteiger partial charge in [-0.2, -0.15) is 0 Å². The van der Waals surface area contributed by atoms with Crippen LogP contribution in [0.2, 0.25) is 0 Å². The number of nitrogens with two attached hydrogens (primary N) is 1. The van der Waals surface area contributed by atoms with Crippen LogP contribution < -0.4 is 5.73 Å². The highest BCUT2D eigenvalue weighted by Crippen LogP contribution is 2.35. The van der Waals surface area contributed by atoms with Crippen LogP contribution in [0, 0.1) is 6.92 Å². The molecule has 1 fully saturated rings. The molecule has 3 atom stereocenters. The molecule has 2 rings (SSSR count). The first-order chi connectivity index (χ1) is 10.8. The second-order valence-corrected chi connectivity index (χ2v) is 5.89. The van der Waals surface area contributed by atoms with Crippen molar-refractivity contribution in [2.45, 2.75) is 45.6 Å². The van der Waals surface area contributed by atoms with Gasteiger partial charge in [0.2, 0.25) is 0 Å². The SMILES string of the molecule is C=C(/C=C\C)c1cn([C@H]2C[C@H](O)[C@@H](C(C)=O)O2)c(C)c1C(=C)N. The number of nitrogens with zero attached hydrogens (tertiary/aromatic N) is 1. The van der Waals surface area contributed by atoms with Crippen molar-refractivity contribution >= 4 is 17.1 Å². The average Bonchev–Trinajstić information content (AvgIpc) is 2.99. The summed E-state index contributed by atoms with van der Waals surface area (Å²) >= 11 is 0. The summed E-state index contributed by atoms with van der Waals surface area (Å²) in [7, 11) is 0. The third-order valence-corrected chi connectivity index (χ3v) is 4.13. The molecule has 2 heterocycles. The molecule has 0 amide bonds. The summed E-state index contributed by atoms with van der Waals surface area (Å²) in [6, 6.07) is 0. The summed E-state index contributed by atoms with van der Waals surface area (Å²) in [4.78, 5) is 11.5. The highest BCUT2D eigenvalue weighted by Gasteiger charge is 2.38. The standard InChI is InChI=1S/C18H24N2O3/c1-6-7-10(2)14-9-20(12(4)17(14)11(3)19)16-8-15(22)18(23-16)13(5)21/h6-7,9,15-16,18,22H,2-3,8,19H2,1,4-5H3/b7-6-/t15-,16+,18+/m0/s1. The molecular formula is C18H24N2O3. The topological polar surface area (TPSA) is 77.5 Å². The van der Waals surface area contributed by atoms with Crippen LogP contribution in [-0.4, -0.2) is 27.7 Å². The van der Waals surface area contributed by atoms with Crippen LogP contribution in [0.15, 0.2) is 31.5 Å². The van der Waals surface area contributed by atoms with Crippen molar-refractivity contribution in [2.24, 2.45) is 5.73 Å². The van der Waals surface area contributed by atoms with Crippen LogP contribution in [0.3, 0.4) is 0 Å². The third-order valence-electron chi connectivity index (χ3n) is 4.13. The zero-order chi connectivity index (χ0) is 17.3. The van der Waals surface area contributed by atoms with Crippen LogP contribution in [0.25, 0.3) is 11.3 Å². The van der Waals surface area contributed by atoms with Crippen molar-refractivity contribution in [3.63, 3.8) is 0 Å². The van der Waals surface area contributed by atoms with E-state index in [-0.39, 0.29) is 5.78 Å². The second-order valence-electron chi connectivity index (χ2n) is 5.89. The fourth-order valence-corrected chi connectivity index (χ4v) is 3.05. The van der Waals surface area contributed by atoms with E-state index in [1.54, 1.807) is 0 Å². The van der Waals surface area contributed by atoms with Gasteiger partial charge in [-0.3, -0.25) is 4.79 Å². The number of aromatic nitrogens is 1. The molecule has 124 valence electrons. The lowest BCUT2D eigenvalue weighted by Crippen LogP contribution is -2.28. The Morgan fingerprint density at radius 3 is 2.65 bits per heavy atom. The van der Waals surface area contributed by atoms with Crippen molar-refractivity contribution < 1.29 is 14.6 Å². The fraction of sp³-hybridized carbons (Fsp3) is 0.389. The minimum Gasteiger partial charge on any atom is -0.399 e. The molecule has 23 heavy (non-hydrogen) atoms. The first kappa shape index (κ1) is 17.2. The number of aliphatic hydroxyl groups excluding tert-OH is 1. The predicted molar refractivity (Wildman–Crippen MR) is 91.5 cm³/mol. The zero-order valence-corrected chi connectivity index (χ0v) is 13.9. The van der Waals surface area contributed by atoms with Crippen molar-refractivity contribution in [1.29, 1.82) is 0 Å². The van der Waals surface area contributed by atoms with Gasteiger partial charge in [0.1, 0.15) is 12.3 Å². The second kappa shape index (κ2) is 6.56. The van der Waals surface area contributed by atoms with Gasteiger partial charge in [-0.1, -0.05) is 25.3 Å². The number of rotatable bonds is 5. The van der Waals surface area contributed by atoms with Crippen LogP contribution >= 0.6 is 0 Å². The zero-order valence-electron chi connectivity index (χ0n) is 13.9. The first-order valence-electron chi connectivity index (χ1n) is 7.60. The number of carbonyl (C=O) groups is 1. The lowest BCUT2D eigenvalue weighted by atomic mass is 10.0. The largest absolute Gasteiger partial charge is 0.399 e. The van der Waals surface area contributed by atoms with Gasteiger partial charge >= 0.3 is 0 Å². The van der Waals surface area contributed by atoms with Gasteiger partial charge in [-0.15, -0.1) is 0 Å². The third kappa shape index (κ3) is 3.16. The Hall–Kier alpha value is -2.11. The Kier molecular flexibility index (Phi) is 4.92. The average molecular weight is 316 g/mol. The lowest BCUT2D eigenvalue weighted by Gasteiger charge is -2.16. The van der Waals surface area contributed by atoms with E-state index in [1.807, 2.05) is 36.8 Å². The maximum atomic E-state index is 11.5. The molecule has 0 bridgehead atoms. The number of hydrogen-bond acceptors (Lipinski definition) is 4. The number of hydrogen-bond donors (Lipinski definition) is 2. The number of aliphatic hydroxyl groups is 1. The Morgan fingerprint density at radius 1 is 1.52 bits per heavy atom. The van der Waals surface area contributed by atoms with Gasteiger partial charge in [-0.05, 0) is 26.3 Å². The van der Waals surface area contributed by atoms with Gasteiger partial charge in [0, 0.05) is 35.1 Å². The lowest BCUT2D eigenvalue weighted by molar-refractivity contribution is -0.133. The molecule has 1 aliphatic rings. The molecule has 0 aliphatic carbocycles. The van der Waals surface area contributed by atoms with E-state index >= 15 is 0 Å². The van der Waals surface area contributed by atoms with Gasteiger partial charge in [0.15, 0.2) is 5.78 Å². The molecule has 0 aromatic carbocycles. The van der Waals surface area contributed by atoms with E-state index < -0.39 is 18.4 Å². The smallest absolute Gasteiger partial charge is 0.161 e. The number of ether oxygens (including phenoxy) is 1. The Bertz CT molecular complexity index is 685. The Balaban J connectivity index is 2.45. The van der Waals surface area contributed by atoms with Gasteiger partial charge < -0.3 is 20.1 Å². The molecule has 0 spiro atoms. The van der Waals surface area contributed by atoms with E-state index in [0.717, 1.165) is 22.4 Å². The van der Waals surface area contributed by atoms with Crippen LogP contribution in [0.1, 0.15) is 43.3 Å². The Labute approximate surface area is 136 Å². The summed E-state index contributed by atoms with van der Waals surface area (Å²) in [5.74, 6) is -0.174. The van der Waals surface area contributed by atoms with Crippen molar-refractivity contribution in [3.05, 3.63) is 48.3 Å². The van der Waals surface area contributed by atoms with Gasteiger partial charge in [0.05, 0.1) is 6.10 Å². The van der Waals surface area contributed by atoms with E-state index in [2.05, 4.69) is 13.2 Å². The summed E-state index contributed by atoms with van der Waals surface area (Å²) in [5.41, 5.74) is 9.78. The quantitative estimate of drug-likeness (QED) is 0.818. The highest BCUT2D eigenvalue weighted by molar-refractivity contribution is 5.83. The van der Waals surface area contributed by atoms with Crippen LogP contribution in [-0.2, 0) is 9.53 Å². The minimum absolute atomic E-state index is 0.174. The molecular weight excluding hydrogens is 292 g/mol. The number of ketones is 1. The van der Waals surface area contributed by atoms with E-state index in [4.69, 9.17) is 10.5 Å². The fourth-order valence-electron chi connectivity index (χ4n) is 3.05. The normalized spacial score (nSPS) is 24.3. The van der Waals surface area contributed by atoms with E-state index in [1.165, 1.54) is 6.92 Å². The maximum absolute atomic E-state index is 11.5. The summed E-state index contributed by atoms with van der Waals surface area (Å²) in [6.07, 6.45) is 4.05. The molecule has 5 heteroatoms. The predicted octanol–water partition coefficient (Wildman–Crippen LogP) is 2.55. The maximum Gasteiger partial charge on any atom is 0.161 e. The number of allylic oxidation sites excluding steroid dienone is 3.